The Morgan fingerprint density at radius 2 is 1.80 bits per heavy atom. The van der Waals surface area contributed by atoms with Gasteiger partial charge in [0.2, 0.25) is 0 Å². The minimum atomic E-state index is -0.450. The zero-order valence-electron chi connectivity index (χ0n) is 12.6. The molecule has 1 aliphatic heterocycles. The Balaban J connectivity index is 1.84. The van der Waals surface area contributed by atoms with E-state index in [-0.39, 0.29) is 22.9 Å². The number of hydrogen-bond acceptors (Lipinski definition) is 5. The predicted molar refractivity (Wildman–Crippen MR) is 97.7 cm³/mol. The van der Waals surface area contributed by atoms with Gasteiger partial charge in [-0.2, -0.15) is 0 Å². The van der Waals surface area contributed by atoms with Gasteiger partial charge in [-0.05, 0) is 53.2 Å². The van der Waals surface area contributed by atoms with Crippen molar-refractivity contribution < 1.29 is 19.8 Å². The monoisotopic (exact) mass is 395 g/mol. The number of amides is 2. The lowest BCUT2D eigenvalue weighted by Crippen LogP contribution is -2.27. The molecule has 2 aromatic carbocycles. The van der Waals surface area contributed by atoms with Gasteiger partial charge >= 0.3 is 0 Å². The lowest BCUT2D eigenvalue weighted by molar-refractivity contribution is -0.123. The molecule has 0 spiro atoms. The molecule has 5 nitrogen and oxygen atoms in total. The van der Waals surface area contributed by atoms with Crippen molar-refractivity contribution in [2.75, 3.05) is 0 Å². The zero-order valence-corrected chi connectivity index (χ0v) is 14.9. The van der Waals surface area contributed by atoms with Crippen LogP contribution in [-0.4, -0.2) is 26.3 Å². The zero-order chi connectivity index (χ0) is 18.1. The van der Waals surface area contributed by atoms with Crippen molar-refractivity contribution in [1.29, 1.82) is 0 Å². The minimum Gasteiger partial charge on any atom is -0.504 e. The van der Waals surface area contributed by atoms with Crippen LogP contribution in [0.3, 0.4) is 0 Å². The Hall–Kier alpha value is -2.15. The van der Waals surface area contributed by atoms with E-state index in [0.29, 0.717) is 21.2 Å². The molecule has 128 valence electrons. The number of halogens is 2. The van der Waals surface area contributed by atoms with Gasteiger partial charge in [-0.1, -0.05) is 35.3 Å². The number of thioether (sulfide) groups is 1. The second-order valence-corrected chi connectivity index (χ2v) is 7.09. The highest BCUT2D eigenvalue weighted by Gasteiger charge is 2.35. The van der Waals surface area contributed by atoms with E-state index in [0.717, 1.165) is 16.7 Å². The summed E-state index contributed by atoms with van der Waals surface area (Å²) in [5.41, 5.74) is 1.10. The maximum Gasteiger partial charge on any atom is 0.293 e. The van der Waals surface area contributed by atoms with E-state index in [4.69, 9.17) is 23.2 Å². The first-order valence-corrected chi connectivity index (χ1v) is 8.63. The quantitative estimate of drug-likeness (QED) is 0.584. The molecular formula is C17H11Cl2NO4S. The molecule has 1 heterocycles. The molecule has 0 radical (unpaired) electrons. The number of carbonyl (C=O) groups is 2. The molecule has 0 bridgehead atoms. The van der Waals surface area contributed by atoms with Crippen molar-refractivity contribution in [3.8, 4) is 11.5 Å². The van der Waals surface area contributed by atoms with E-state index in [1.165, 1.54) is 24.3 Å². The predicted octanol–water partition coefficient (Wildman–Crippen LogP) is 4.64. The fourth-order valence-corrected chi connectivity index (χ4v) is 3.54. The first kappa shape index (κ1) is 17.7. The van der Waals surface area contributed by atoms with Crippen LogP contribution in [0, 0.1) is 0 Å². The third-order valence-electron chi connectivity index (χ3n) is 3.51. The summed E-state index contributed by atoms with van der Waals surface area (Å²) in [5, 5.41) is 19.3. The van der Waals surface area contributed by atoms with Crippen molar-refractivity contribution in [1.82, 2.24) is 4.90 Å². The first-order valence-electron chi connectivity index (χ1n) is 7.06. The lowest BCUT2D eigenvalue weighted by Gasteiger charge is -2.13. The van der Waals surface area contributed by atoms with Crippen molar-refractivity contribution in [2.24, 2.45) is 0 Å². The van der Waals surface area contributed by atoms with Crippen molar-refractivity contribution in [2.45, 2.75) is 6.54 Å². The van der Waals surface area contributed by atoms with Crippen molar-refractivity contribution >= 4 is 52.2 Å². The molecule has 0 atom stereocenters. The molecule has 0 unspecified atom stereocenters. The standard InChI is InChI=1S/C17H11Cl2NO4S/c18-11-3-2-10(12(19)7-11)8-20-16(23)15(25-17(20)24)6-9-1-4-13(21)14(22)5-9/h1-7,21-22H,8H2/b15-6-. The summed E-state index contributed by atoms with van der Waals surface area (Å²) in [5.74, 6) is -1.02. The van der Waals surface area contributed by atoms with Crippen LogP contribution in [0.15, 0.2) is 41.3 Å². The topological polar surface area (TPSA) is 77.8 Å². The van der Waals surface area contributed by atoms with Crippen molar-refractivity contribution in [3.05, 3.63) is 62.5 Å². The molecule has 0 aromatic heterocycles. The Morgan fingerprint density at radius 3 is 2.48 bits per heavy atom. The number of phenols is 2. The van der Waals surface area contributed by atoms with E-state index in [1.807, 2.05) is 0 Å². The third kappa shape index (κ3) is 3.76. The molecule has 2 aromatic rings. The number of aromatic hydroxyl groups is 2. The van der Waals surface area contributed by atoms with E-state index in [9.17, 15) is 19.8 Å². The highest BCUT2D eigenvalue weighted by atomic mass is 35.5. The number of rotatable bonds is 3. The second kappa shape index (κ2) is 7.00. The summed E-state index contributed by atoms with van der Waals surface area (Å²) in [6.45, 7) is 0.0405. The van der Waals surface area contributed by atoms with Crippen LogP contribution in [0.1, 0.15) is 11.1 Å². The van der Waals surface area contributed by atoms with E-state index in [1.54, 1.807) is 18.2 Å². The Kier molecular flexibility index (Phi) is 4.94. The average molecular weight is 396 g/mol. The Labute approximate surface area is 157 Å². The summed E-state index contributed by atoms with van der Waals surface area (Å²) >= 11 is 12.7. The van der Waals surface area contributed by atoms with Gasteiger partial charge in [0.1, 0.15) is 0 Å². The molecule has 2 amide bonds. The number of nitrogens with zero attached hydrogens (tertiary/aromatic N) is 1. The summed E-state index contributed by atoms with van der Waals surface area (Å²) < 4.78 is 0. The van der Waals surface area contributed by atoms with Crippen LogP contribution in [0.25, 0.3) is 6.08 Å². The van der Waals surface area contributed by atoms with Gasteiger partial charge in [0, 0.05) is 10.0 Å². The van der Waals surface area contributed by atoms with Crippen LogP contribution in [0.5, 0.6) is 11.5 Å². The number of carbonyl (C=O) groups excluding carboxylic acids is 2. The number of phenolic OH excluding ortho intramolecular Hbond substituents is 2. The van der Waals surface area contributed by atoms with Gasteiger partial charge in [0.15, 0.2) is 11.5 Å². The smallest absolute Gasteiger partial charge is 0.293 e. The second-order valence-electron chi connectivity index (χ2n) is 5.25. The van der Waals surface area contributed by atoms with Gasteiger partial charge in [0.05, 0.1) is 11.4 Å². The summed E-state index contributed by atoms with van der Waals surface area (Å²) in [6.07, 6.45) is 1.48. The SMILES string of the molecule is O=C1S/C(=C\c2ccc(O)c(O)c2)C(=O)N1Cc1ccc(Cl)cc1Cl. The third-order valence-corrected chi connectivity index (χ3v) is 5.01. The van der Waals surface area contributed by atoms with Gasteiger partial charge in [-0.25, -0.2) is 0 Å². The van der Waals surface area contributed by atoms with Crippen LogP contribution >= 0.6 is 35.0 Å². The van der Waals surface area contributed by atoms with Crippen LogP contribution in [0.4, 0.5) is 4.79 Å². The molecule has 25 heavy (non-hydrogen) atoms. The first-order chi connectivity index (χ1) is 11.8. The minimum absolute atomic E-state index is 0.0405. The molecule has 1 fully saturated rings. The molecule has 0 saturated carbocycles. The average Bonchev–Trinajstić information content (AvgIpc) is 2.81. The number of benzene rings is 2. The van der Waals surface area contributed by atoms with E-state index in [2.05, 4.69) is 0 Å². The van der Waals surface area contributed by atoms with Gasteiger partial charge < -0.3 is 10.2 Å². The van der Waals surface area contributed by atoms with Crippen LogP contribution in [-0.2, 0) is 11.3 Å². The molecule has 0 aliphatic carbocycles. The van der Waals surface area contributed by atoms with Crippen molar-refractivity contribution in [3.63, 3.8) is 0 Å². The van der Waals surface area contributed by atoms with Gasteiger partial charge in [-0.15, -0.1) is 0 Å². The largest absolute Gasteiger partial charge is 0.504 e. The molecular weight excluding hydrogens is 385 g/mol. The Morgan fingerprint density at radius 1 is 1.04 bits per heavy atom. The van der Waals surface area contributed by atoms with E-state index < -0.39 is 11.1 Å². The maximum atomic E-state index is 12.5. The number of imide groups is 1. The van der Waals surface area contributed by atoms with Gasteiger partial charge in [-0.3, -0.25) is 14.5 Å². The highest BCUT2D eigenvalue weighted by molar-refractivity contribution is 8.18. The summed E-state index contributed by atoms with van der Waals surface area (Å²) in [7, 11) is 0. The maximum absolute atomic E-state index is 12.5. The summed E-state index contributed by atoms with van der Waals surface area (Å²) in [4.78, 5) is 26.0. The summed E-state index contributed by atoms with van der Waals surface area (Å²) in [6, 6.07) is 8.98. The highest BCUT2D eigenvalue weighted by Crippen LogP contribution is 2.35. The molecule has 1 aliphatic rings. The fraction of sp³-hybridized carbons (Fsp3) is 0.0588. The molecule has 1 saturated heterocycles. The number of hydrogen-bond donors (Lipinski definition) is 2. The van der Waals surface area contributed by atoms with E-state index >= 15 is 0 Å². The van der Waals surface area contributed by atoms with Crippen LogP contribution < -0.4 is 0 Å². The Bertz CT molecular complexity index is 914. The normalized spacial score (nSPS) is 16.1. The molecule has 2 N–H and O–H groups in total. The lowest BCUT2D eigenvalue weighted by atomic mass is 10.1. The fourth-order valence-electron chi connectivity index (χ4n) is 2.24. The van der Waals surface area contributed by atoms with Gasteiger partial charge in [0.25, 0.3) is 11.1 Å². The molecule has 8 heteroatoms. The van der Waals surface area contributed by atoms with Crippen LogP contribution in [0.2, 0.25) is 10.0 Å². The molecule has 3 rings (SSSR count).